The molecule has 0 N–H and O–H groups in total. The SMILES string of the molecule is CC(C)(C)OCC(=O)N(CC1CCCO1)CC1CCCO1. The zero-order chi connectivity index (χ0) is 15.3. The Morgan fingerprint density at radius 1 is 1.10 bits per heavy atom. The number of amides is 1. The molecule has 0 aromatic heterocycles. The fraction of sp³-hybridized carbons (Fsp3) is 0.938. The number of hydrogen-bond acceptors (Lipinski definition) is 4. The van der Waals surface area contributed by atoms with E-state index in [1.807, 2.05) is 25.7 Å². The first-order chi connectivity index (χ1) is 9.94. The van der Waals surface area contributed by atoms with Gasteiger partial charge in [-0.2, -0.15) is 0 Å². The maximum Gasteiger partial charge on any atom is 0.248 e. The normalized spacial score (nSPS) is 26.2. The molecule has 0 aliphatic carbocycles. The fourth-order valence-electron chi connectivity index (χ4n) is 2.72. The largest absolute Gasteiger partial charge is 0.376 e. The molecule has 2 saturated heterocycles. The molecule has 0 bridgehead atoms. The maximum atomic E-state index is 12.5. The summed E-state index contributed by atoms with van der Waals surface area (Å²) in [6.45, 7) is 8.96. The van der Waals surface area contributed by atoms with Gasteiger partial charge in [-0.1, -0.05) is 0 Å². The van der Waals surface area contributed by atoms with Crippen LogP contribution >= 0.6 is 0 Å². The van der Waals surface area contributed by atoms with Gasteiger partial charge in [0.25, 0.3) is 0 Å². The predicted octanol–water partition coefficient (Wildman–Crippen LogP) is 1.99. The number of carbonyl (C=O) groups excluding carboxylic acids is 1. The molecule has 2 fully saturated rings. The van der Waals surface area contributed by atoms with Crippen LogP contribution in [0.2, 0.25) is 0 Å². The molecule has 2 aliphatic heterocycles. The Balaban J connectivity index is 1.87. The first-order valence-electron chi connectivity index (χ1n) is 8.09. The molecule has 5 heteroatoms. The number of nitrogens with zero attached hydrogens (tertiary/aromatic N) is 1. The van der Waals surface area contributed by atoms with E-state index in [1.165, 1.54) is 0 Å². The standard InChI is InChI=1S/C16H29NO4/c1-16(2,3)21-12-15(18)17(10-13-6-4-8-19-13)11-14-7-5-9-20-14/h13-14H,4-12H2,1-3H3. The zero-order valence-corrected chi connectivity index (χ0v) is 13.6. The van der Waals surface area contributed by atoms with Crippen molar-refractivity contribution in [2.75, 3.05) is 32.9 Å². The summed E-state index contributed by atoms with van der Waals surface area (Å²) in [7, 11) is 0. The molecule has 2 atom stereocenters. The molecule has 0 aromatic rings. The van der Waals surface area contributed by atoms with Crippen molar-refractivity contribution in [3.8, 4) is 0 Å². The van der Waals surface area contributed by atoms with E-state index >= 15 is 0 Å². The Morgan fingerprint density at radius 3 is 2.00 bits per heavy atom. The summed E-state index contributed by atoms with van der Waals surface area (Å²) in [5.74, 6) is 0.0379. The minimum Gasteiger partial charge on any atom is -0.376 e. The van der Waals surface area contributed by atoms with Crippen LogP contribution in [0.25, 0.3) is 0 Å². The lowest BCUT2D eigenvalue weighted by Gasteiger charge is -2.29. The highest BCUT2D eigenvalue weighted by molar-refractivity contribution is 5.77. The molecule has 0 spiro atoms. The van der Waals surface area contributed by atoms with Crippen molar-refractivity contribution in [1.82, 2.24) is 4.90 Å². The van der Waals surface area contributed by atoms with Crippen LogP contribution in [0, 0.1) is 0 Å². The van der Waals surface area contributed by atoms with E-state index in [9.17, 15) is 4.79 Å². The molecule has 2 rings (SSSR count). The minimum atomic E-state index is -0.297. The van der Waals surface area contributed by atoms with E-state index in [-0.39, 0.29) is 30.3 Å². The van der Waals surface area contributed by atoms with Crippen LogP contribution in [0.3, 0.4) is 0 Å². The Bertz CT molecular complexity index is 310. The Labute approximate surface area is 127 Å². The number of carbonyl (C=O) groups is 1. The smallest absolute Gasteiger partial charge is 0.248 e. The van der Waals surface area contributed by atoms with Crippen molar-refractivity contribution in [2.45, 2.75) is 64.3 Å². The van der Waals surface area contributed by atoms with Crippen LogP contribution in [0.15, 0.2) is 0 Å². The van der Waals surface area contributed by atoms with Gasteiger partial charge in [-0.15, -0.1) is 0 Å². The van der Waals surface area contributed by atoms with Crippen molar-refractivity contribution in [1.29, 1.82) is 0 Å². The van der Waals surface area contributed by atoms with E-state index in [4.69, 9.17) is 14.2 Å². The lowest BCUT2D eigenvalue weighted by atomic mass is 10.2. The quantitative estimate of drug-likeness (QED) is 0.752. The summed E-state index contributed by atoms with van der Waals surface area (Å²) in [5, 5.41) is 0. The monoisotopic (exact) mass is 299 g/mol. The Morgan fingerprint density at radius 2 is 1.62 bits per heavy atom. The van der Waals surface area contributed by atoms with Crippen molar-refractivity contribution < 1.29 is 19.0 Å². The summed E-state index contributed by atoms with van der Waals surface area (Å²) >= 11 is 0. The first-order valence-corrected chi connectivity index (χ1v) is 8.09. The van der Waals surface area contributed by atoms with E-state index in [0.29, 0.717) is 13.1 Å². The van der Waals surface area contributed by atoms with Crippen LogP contribution in [0.4, 0.5) is 0 Å². The molecule has 21 heavy (non-hydrogen) atoms. The summed E-state index contributed by atoms with van der Waals surface area (Å²) in [4.78, 5) is 14.3. The molecule has 1 amide bonds. The third kappa shape index (κ3) is 5.93. The minimum absolute atomic E-state index is 0.0379. The van der Waals surface area contributed by atoms with Gasteiger partial charge >= 0.3 is 0 Å². The molecule has 122 valence electrons. The van der Waals surface area contributed by atoms with Crippen molar-refractivity contribution in [2.24, 2.45) is 0 Å². The van der Waals surface area contributed by atoms with Gasteiger partial charge in [0.1, 0.15) is 6.61 Å². The molecular formula is C16H29NO4. The second kappa shape index (κ2) is 7.56. The van der Waals surface area contributed by atoms with Gasteiger partial charge in [0.2, 0.25) is 5.91 Å². The number of rotatable bonds is 6. The first kappa shape index (κ1) is 16.7. The van der Waals surface area contributed by atoms with Gasteiger partial charge in [0.05, 0.1) is 17.8 Å². The van der Waals surface area contributed by atoms with Crippen molar-refractivity contribution in [3.63, 3.8) is 0 Å². The molecular weight excluding hydrogens is 270 g/mol. The highest BCUT2D eigenvalue weighted by Gasteiger charge is 2.27. The molecule has 2 unspecified atom stereocenters. The van der Waals surface area contributed by atoms with Crippen LogP contribution < -0.4 is 0 Å². The predicted molar refractivity (Wildman–Crippen MR) is 80.2 cm³/mol. The average Bonchev–Trinajstić information content (AvgIpc) is 3.07. The van der Waals surface area contributed by atoms with Gasteiger partial charge in [-0.05, 0) is 46.5 Å². The van der Waals surface area contributed by atoms with Crippen LogP contribution in [0.5, 0.6) is 0 Å². The second-order valence-corrected chi connectivity index (χ2v) is 6.97. The average molecular weight is 299 g/mol. The summed E-state index contributed by atoms with van der Waals surface area (Å²) in [5.41, 5.74) is -0.297. The third-order valence-electron chi connectivity index (χ3n) is 3.88. The topological polar surface area (TPSA) is 48.0 Å². The van der Waals surface area contributed by atoms with Crippen LogP contribution in [-0.2, 0) is 19.0 Å². The highest BCUT2D eigenvalue weighted by atomic mass is 16.5. The summed E-state index contributed by atoms with van der Waals surface area (Å²) in [6, 6.07) is 0. The van der Waals surface area contributed by atoms with Crippen LogP contribution in [-0.4, -0.2) is 61.5 Å². The third-order valence-corrected chi connectivity index (χ3v) is 3.88. The summed E-state index contributed by atoms with van der Waals surface area (Å²) in [6.07, 6.45) is 4.59. The van der Waals surface area contributed by atoms with E-state index in [2.05, 4.69) is 0 Å². The molecule has 5 nitrogen and oxygen atoms in total. The molecule has 2 heterocycles. The Hall–Kier alpha value is -0.650. The van der Waals surface area contributed by atoms with Gasteiger partial charge < -0.3 is 19.1 Å². The van der Waals surface area contributed by atoms with E-state index < -0.39 is 0 Å². The van der Waals surface area contributed by atoms with Gasteiger partial charge in [0, 0.05) is 26.3 Å². The maximum absolute atomic E-state index is 12.5. The van der Waals surface area contributed by atoms with E-state index in [1.54, 1.807) is 0 Å². The highest BCUT2D eigenvalue weighted by Crippen LogP contribution is 2.18. The number of hydrogen-bond donors (Lipinski definition) is 0. The van der Waals surface area contributed by atoms with Gasteiger partial charge in [-0.3, -0.25) is 4.79 Å². The lowest BCUT2D eigenvalue weighted by Crippen LogP contribution is -2.44. The Kier molecular flexibility index (Phi) is 6.02. The fourth-order valence-corrected chi connectivity index (χ4v) is 2.72. The molecule has 0 aromatic carbocycles. The lowest BCUT2D eigenvalue weighted by molar-refractivity contribution is -0.144. The second-order valence-electron chi connectivity index (χ2n) is 6.97. The number of ether oxygens (including phenoxy) is 3. The summed E-state index contributed by atoms with van der Waals surface area (Å²) < 4.78 is 17.0. The molecule has 2 aliphatic rings. The van der Waals surface area contributed by atoms with E-state index in [0.717, 1.165) is 38.9 Å². The molecule has 0 saturated carbocycles. The van der Waals surface area contributed by atoms with Crippen molar-refractivity contribution in [3.05, 3.63) is 0 Å². The zero-order valence-electron chi connectivity index (χ0n) is 13.6. The van der Waals surface area contributed by atoms with Gasteiger partial charge in [0.15, 0.2) is 0 Å². The van der Waals surface area contributed by atoms with Crippen LogP contribution in [0.1, 0.15) is 46.5 Å². The van der Waals surface area contributed by atoms with Gasteiger partial charge in [-0.25, -0.2) is 0 Å². The molecule has 0 radical (unpaired) electrons. The van der Waals surface area contributed by atoms with Crippen molar-refractivity contribution >= 4 is 5.91 Å².